The Morgan fingerprint density at radius 3 is 2.55 bits per heavy atom. The van der Waals surface area contributed by atoms with E-state index in [0.717, 1.165) is 12.8 Å². The van der Waals surface area contributed by atoms with E-state index in [-0.39, 0.29) is 12.4 Å². The summed E-state index contributed by atoms with van der Waals surface area (Å²) >= 11 is 0. The van der Waals surface area contributed by atoms with Crippen LogP contribution in [-0.2, 0) is 22.4 Å². The average molecular weight is 294 g/mol. The quantitative estimate of drug-likeness (QED) is 0.729. The summed E-state index contributed by atoms with van der Waals surface area (Å²) in [5.41, 5.74) is 1.31. The van der Waals surface area contributed by atoms with Crippen LogP contribution >= 0.6 is 0 Å². The predicted molar refractivity (Wildman–Crippen MR) is 71.6 cm³/mol. The zero-order valence-corrected chi connectivity index (χ0v) is 12.0. The van der Waals surface area contributed by atoms with Crippen LogP contribution in [-0.4, -0.2) is 28.6 Å². The van der Waals surface area contributed by atoms with E-state index >= 15 is 0 Å². The second-order valence-corrected chi connectivity index (χ2v) is 4.83. The Bertz CT molecular complexity index is 496. The van der Waals surface area contributed by atoms with Crippen LogP contribution in [0.25, 0.3) is 0 Å². The van der Waals surface area contributed by atoms with Crippen molar-refractivity contribution < 1.29 is 21.9 Å². The van der Waals surface area contributed by atoms with Crippen molar-refractivity contribution in [3.63, 3.8) is 0 Å². The van der Waals surface area contributed by atoms with Gasteiger partial charge in [-0.2, -0.15) is 0 Å². The van der Waals surface area contributed by atoms with Crippen LogP contribution in [0.3, 0.4) is 0 Å². The highest BCUT2D eigenvalue weighted by Crippen LogP contribution is 2.27. The molecule has 0 radical (unpaired) electrons. The standard InChI is InChI=1S/C15H18N2O2.ClH/c1-2-4-14(5-3-1)6-7-15(18-10-11-19-15)12-17-9-8-16-13-17;/h1-5,8-9,13H,6-7,10-12H2;1H/p-1. The first-order valence-corrected chi connectivity index (χ1v) is 6.64. The number of hydrogen-bond acceptors (Lipinski definition) is 3. The number of ether oxygens (including phenoxy) is 2. The smallest absolute Gasteiger partial charge is 0.186 e. The van der Waals surface area contributed by atoms with Gasteiger partial charge < -0.3 is 26.4 Å². The summed E-state index contributed by atoms with van der Waals surface area (Å²) in [6.45, 7) is 2.03. The van der Waals surface area contributed by atoms with Gasteiger partial charge in [0.2, 0.25) is 0 Å². The number of hydrogen-bond donors (Lipinski definition) is 0. The van der Waals surface area contributed by atoms with E-state index in [2.05, 4.69) is 29.2 Å². The first-order valence-electron chi connectivity index (χ1n) is 6.64. The molecule has 0 atom stereocenters. The minimum absolute atomic E-state index is 0. The molecule has 0 aliphatic carbocycles. The zero-order valence-electron chi connectivity index (χ0n) is 11.2. The molecule has 1 saturated heterocycles. The highest BCUT2D eigenvalue weighted by Gasteiger charge is 2.36. The molecule has 20 heavy (non-hydrogen) atoms. The van der Waals surface area contributed by atoms with Gasteiger partial charge in [0.05, 0.1) is 26.1 Å². The highest BCUT2D eigenvalue weighted by molar-refractivity contribution is 5.15. The third-order valence-electron chi connectivity index (χ3n) is 3.43. The van der Waals surface area contributed by atoms with Crippen LogP contribution in [0.2, 0.25) is 0 Å². The lowest BCUT2D eigenvalue weighted by molar-refractivity contribution is -0.171. The molecule has 1 aromatic carbocycles. The van der Waals surface area contributed by atoms with Gasteiger partial charge >= 0.3 is 0 Å². The summed E-state index contributed by atoms with van der Waals surface area (Å²) in [5.74, 6) is -0.503. The molecule has 2 aromatic rings. The van der Waals surface area contributed by atoms with Gasteiger partial charge in [0, 0.05) is 18.8 Å². The van der Waals surface area contributed by atoms with E-state index in [0.29, 0.717) is 19.8 Å². The Morgan fingerprint density at radius 2 is 1.90 bits per heavy atom. The Labute approximate surface area is 125 Å². The third-order valence-corrected chi connectivity index (χ3v) is 3.43. The Balaban J connectivity index is 0.00000147. The number of nitrogens with zero attached hydrogens (tertiary/aromatic N) is 2. The monoisotopic (exact) mass is 293 g/mol. The van der Waals surface area contributed by atoms with E-state index < -0.39 is 5.79 Å². The van der Waals surface area contributed by atoms with Crippen molar-refractivity contribution in [3.8, 4) is 0 Å². The first kappa shape index (κ1) is 15.0. The minimum atomic E-state index is -0.503. The number of aryl methyl sites for hydroxylation is 1. The molecule has 0 unspecified atom stereocenters. The van der Waals surface area contributed by atoms with Gasteiger partial charge in [0.25, 0.3) is 0 Å². The zero-order chi connectivity index (χ0) is 13.0. The highest BCUT2D eigenvalue weighted by atomic mass is 35.5. The third kappa shape index (κ3) is 3.60. The molecule has 1 aliphatic rings. The maximum Gasteiger partial charge on any atom is 0.186 e. The number of halogens is 1. The molecule has 4 nitrogen and oxygen atoms in total. The van der Waals surface area contributed by atoms with Gasteiger partial charge in [-0.15, -0.1) is 0 Å². The van der Waals surface area contributed by atoms with Crippen molar-refractivity contribution >= 4 is 0 Å². The lowest BCUT2D eigenvalue weighted by Crippen LogP contribution is -3.00. The fourth-order valence-corrected chi connectivity index (χ4v) is 2.45. The van der Waals surface area contributed by atoms with Crippen LogP contribution < -0.4 is 12.4 Å². The molecule has 0 bridgehead atoms. The van der Waals surface area contributed by atoms with E-state index in [1.54, 1.807) is 12.5 Å². The largest absolute Gasteiger partial charge is 1.00 e. The molecule has 108 valence electrons. The van der Waals surface area contributed by atoms with Crippen molar-refractivity contribution in [2.45, 2.75) is 25.2 Å². The van der Waals surface area contributed by atoms with Crippen molar-refractivity contribution in [1.29, 1.82) is 0 Å². The summed E-state index contributed by atoms with van der Waals surface area (Å²) in [5, 5.41) is 0. The molecule has 1 aromatic heterocycles. The minimum Gasteiger partial charge on any atom is -1.00 e. The molecule has 2 heterocycles. The van der Waals surface area contributed by atoms with Crippen molar-refractivity contribution in [1.82, 2.24) is 9.55 Å². The molecule has 1 fully saturated rings. The predicted octanol–water partition coefficient (Wildman–Crippen LogP) is -0.737. The van der Waals surface area contributed by atoms with Crippen LogP contribution in [0, 0.1) is 0 Å². The van der Waals surface area contributed by atoms with Gasteiger partial charge in [-0.3, -0.25) is 0 Å². The molecule has 3 rings (SSSR count). The molecule has 0 saturated carbocycles. The number of aromatic nitrogens is 2. The first-order chi connectivity index (χ1) is 9.36. The molecule has 5 heteroatoms. The van der Waals surface area contributed by atoms with Crippen LogP contribution in [0.4, 0.5) is 0 Å². The number of rotatable bonds is 5. The second kappa shape index (κ2) is 6.88. The lowest BCUT2D eigenvalue weighted by atomic mass is 10.0. The fraction of sp³-hybridized carbons (Fsp3) is 0.400. The topological polar surface area (TPSA) is 36.3 Å². The van der Waals surface area contributed by atoms with Crippen molar-refractivity contribution in [2.75, 3.05) is 13.2 Å². The molecule has 0 spiro atoms. The molecular weight excluding hydrogens is 276 g/mol. The number of imidazole rings is 1. The maximum atomic E-state index is 5.86. The summed E-state index contributed by atoms with van der Waals surface area (Å²) < 4.78 is 13.7. The summed E-state index contributed by atoms with van der Waals surface area (Å²) in [4.78, 5) is 4.07. The fourth-order valence-electron chi connectivity index (χ4n) is 2.45. The van der Waals surface area contributed by atoms with Gasteiger partial charge in [-0.05, 0) is 12.0 Å². The Kier molecular flexibility index (Phi) is 5.17. The summed E-state index contributed by atoms with van der Waals surface area (Å²) in [6, 6.07) is 10.4. The van der Waals surface area contributed by atoms with Gasteiger partial charge in [0.15, 0.2) is 5.79 Å². The molecule has 0 amide bonds. The lowest BCUT2D eigenvalue weighted by Gasteiger charge is -2.27. The van der Waals surface area contributed by atoms with E-state index in [9.17, 15) is 0 Å². The van der Waals surface area contributed by atoms with E-state index in [4.69, 9.17) is 9.47 Å². The van der Waals surface area contributed by atoms with E-state index in [1.165, 1.54) is 5.56 Å². The Morgan fingerprint density at radius 1 is 1.15 bits per heavy atom. The van der Waals surface area contributed by atoms with Gasteiger partial charge in [0.1, 0.15) is 0 Å². The van der Waals surface area contributed by atoms with Crippen LogP contribution in [0.15, 0.2) is 49.1 Å². The normalized spacial score (nSPS) is 16.8. The second-order valence-electron chi connectivity index (χ2n) is 4.83. The van der Waals surface area contributed by atoms with Crippen molar-refractivity contribution in [2.24, 2.45) is 0 Å². The Hall–Kier alpha value is -1.36. The molecule has 1 aliphatic heterocycles. The molecule has 0 N–H and O–H groups in total. The van der Waals surface area contributed by atoms with Crippen LogP contribution in [0.1, 0.15) is 12.0 Å². The molecular formula is C15H18ClN2O2-. The summed E-state index contributed by atoms with van der Waals surface area (Å²) in [6.07, 6.45) is 7.33. The summed E-state index contributed by atoms with van der Waals surface area (Å²) in [7, 11) is 0. The van der Waals surface area contributed by atoms with Gasteiger partial charge in [-0.25, -0.2) is 4.98 Å². The van der Waals surface area contributed by atoms with Crippen molar-refractivity contribution in [3.05, 3.63) is 54.6 Å². The van der Waals surface area contributed by atoms with Crippen LogP contribution in [0.5, 0.6) is 0 Å². The van der Waals surface area contributed by atoms with Gasteiger partial charge in [-0.1, -0.05) is 30.3 Å². The number of benzene rings is 1. The SMILES string of the molecule is [Cl-].c1ccc(CCC2(Cn3ccnc3)OCCO2)cc1. The average Bonchev–Trinajstić information content (AvgIpc) is 3.11. The maximum absolute atomic E-state index is 5.86. The van der Waals surface area contributed by atoms with E-state index in [1.807, 2.05) is 16.8 Å².